The number of rotatable bonds is 6. The van der Waals surface area contributed by atoms with Crippen LogP contribution in [0.3, 0.4) is 0 Å². The molecule has 0 saturated carbocycles. The van der Waals surface area contributed by atoms with Crippen LogP contribution in [-0.4, -0.2) is 43.4 Å². The molecule has 1 aliphatic heterocycles. The Kier molecular flexibility index (Phi) is 5.03. The summed E-state index contributed by atoms with van der Waals surface area (Å²) in [5.41, 5.74) is 0.178. The maximum atomic E-state index is 12.6. The highest BCUT2D eigenvalue weighted by Gasteiger charge is 2.34. The lowest BCUT2D eigenvalue weighted by molar-refractivity contribution is 0.0537. The highest BCUT2D eigenvalue weighted by Crippen LogP contribution is 2.23. The van der Waals surface area contributed by atoms with Crippen molar-refractivity contribution in [2.45, 2.75) is 56.8 Å². The number of hydrogen-bond acceptors (Lipinski definition) is 5. The third kappa shape index (κ3) is 4.26. The Morgan fingerprint density at radius 1 is 1.43 bits per heavy atom. The third-order valence-electron chi connectivity index (χ3n) is 3.62. The number of H-pyrrole nitrogens is 1. The minimum atomic E-state index is -3.62. The lowest BCUT2D eigenvalue weighted by Crippen LogP contribution is -2.49. The topological polar surface area (TPSA) is 96.1 Å². The lowest BCUT2D eigenvalue weighted by Gasteiger charge is -2.33. The van der Waals surface area contributed by atoms with E-state index < -0.39 is 15.6 Å². The van der Waals surface area contributed by atoms with Crippen molar-refractivity contribution in [3.63, 3.8) is 0 Å². The Bertz CT molecular complexity index is 562. The molecular weight excluding hydrogens is 292 g/mol. The summed E-state index contributed by atoms with van der Waals surface area (Å²) in [6.07, 6.45) is 2.89. The predicted molar refractivity (Wildman–Crippen MR) is 79.3 cm³/mol. The zero-order chi connectivity index (χ0) is 15.5. The molecule has 7 nitrogen and oxygen atoms in total. The standard InChI is InChI=1S/C13H24N4O3S/c1-10(2)14-8-11-9-15-16-12(11)21(18,19)17-13(3)4-6-20-7-5-13/h9-10,14,17H,4-8H2,1-3H3,(H,15,16). The first kappa shape index (κ1) is 16.4. The molecule has 1 aromatic rings. The van der Waals surface area contributed by atoms with E-state index in [2.05, 4.69) is 20.2 Å². The van der Waals surface area contributed by atoms with Crippen molar-refractivity contribution in [3.8, 4) is 0 Å². The van der Waals surface area contributed by atoms with Crippen molar-refractivity contribution in [2.24, 2.45) is 0 Å². The van der Waals surface area contributed by atoms with Crippen LogP contribution in [0.4, 0.5) is 0 Å². The number of nitrogens with zero attached hydrogens (tertiary/aromatic N) is 1. The minimum Gasteiger partial charge on any atom is -0.381 e. The number of hydrogen-bond donors (Lipinski definition) is 3. The van der Waals surface area contributed by atoms with Gasteiger partial charge in [-0.05, 0) is 19.8 Å². The van der Waals surface area contributed by atoms with Gasteiger partial charge < -0.3 is 10.1 Å². The fraction of sp³-hybridized carbons (Fsp3) is 0.769. The van der Waals surface area contributed by atoms with E-state index in [1.807, 2.05) is 20.8 Å². The van der Waals surface area contributed by atoms with Gasteiger partial charge >= 0.3 is 0 Å². The smallest absolute Gasteiger partial charge is 0.258 e. The van der Waals surface area contributed by atoms with Crippen molar-refractivity contribution < 1.29 is 13.2 Å². The molecule has 1 fully saturated rings. The van der Waals surface area contributed by atoms with Crippen LogP contribution < -0.4 is 10.0 Å². The fourth-order valence-corrected chi connectivity index (χ4v) is 3.87. The summed E-state index contributed by atoms with van der Waals surface area (Å²) in [5.74, 6) is 0. The summed E-state index contributed by atoms with van der Waals surface area (Å²) in [5, 5.41) is 9.82. The largest absolute Gasteiger partial charge is 0.381 e. The Morgan fingerprint density at radius 2 is 2.10 bits per heavy atom. The lowest BCUT2D eigenvalue weighted by atomic mass is 9.94. The fourth-order valence-electron chi connectivity index (χ4n) is 2.27. The van der Waals surface area contributed by atoms with Crippen molar-refractivity contribution >= 4 is 10.0 Å². The molecule has 2 heterocycles. The average Bonchev–Trinajstić information content (AvgIpc) is 2.85. The summed E-state index contributed by atoms with van der Waals surface area (Å²) in [6.45, 7) is 7.54. The van der Waals surface area contributed by atoms with E-state index in [0.717, 1.165) is 0 Å². The van der Waals surface area contributed by atoms with Crippen molar-refractivity contribution in [2.75, 3.05) is 13.2 Å². The van der Waals surface area contributed by atoms with Gasteiger partial charge in [-0.15, -0.1) is 0 Å². The number of nitrogens with one attached hydrogen (secondary N) is 3. The Balaban J connectivity index is 2.14. The van der Waals surface area contributed by atoms with Gasteiger partial charge in [-0.3, -0.25) is 5.10 Å². The Morgan fingerprint density at radius 3 is 2.71 bits per heavy atom. The van der Waals surface area contributed by atoms with E-state index >= 15 is 0 Å². The molecular formula is C13H24N4O3S. The molecule has 1 aliphatic rings. The maximum Gasteiger partial charge on any atom is 0.258 e. The van der Waals surface area contributed by atoms with Gasteiger partial charge in [-0.1, -0.05) is 13.8 Å². The van der Waals surface area contributed by atoms with E-state index in [1.54, 1.807) is 6.20 Å². The minimum absolute atomic E-state index is 0.142. The second kappa shape index (κ2) is 6.43. The number of ether oxygens (including phenoxy) is 1. The van der Waals surface area contributed by atoms with Gasteiger partial charge in [0.25, 0.3) is 10.0 Å². The van der Waals surface area contributed by atoms with E-state index in [9.17, 15) is 8.42 Å². The van der Waals surface area contributed by atoms with Gasteiger partial charge in [0.1, 0.15) is 0 Å². The maximum absolute atomic E-state index is 12.6. The van der Waals surface area contributed by atoms with Gasteiger partial charge in [-0.2, -0.15) is 5.10 Å². The summed E-state index contributed by atoms with van der Waals surface area (Å²) < 4.78 is 33.3. The molecule has 0 bridgehead atoms. The molecule has 0 amide bonds. The molecule has 3 N–H and O–H groups in total. The third-order valence-corrected chi connectivity index (χ3v) is 5.28. The molecule has 120 valence electrons. The van der Waals surface area contributed by atoms with Crippen molar-refractivity contribution in [1.82, 2.24) is 20.2 Å². The molecule has 0 radical (unpaired) electrons. The van der Waals surface area contributed by atoms with Gasteiger partial charge in [0.05, 0.1) is 6.20 Å². The molecule has 0 atom stereocenters. The number of aromatic amines is 1. The van der Waals surface area contributed by atoms with Crippen molar-refractivity contribution in [1.29, 1.82) is 0 Å². The summed E-state index contributed by atoms with van der Waals surface area (Å²) >= 11 is 0. The average molecular weight is 316 g/mol. The first-order valence-corrected chi connectivity index (χ1v) is 8.68. The van der Waals surface area contributed by atoms with E-state index in [0.29, 0.717) is 38.2 Å². The SMILES string of the molecule is CC(C)NCc1cn[nH]c1S(=O)(=O)NC1(C)CCOCC1. The monoisotopic (exact) mass is 316 g/mol. The van der Waals surface area contributed by atoms with E-state index in [4.69, 9.17) is 4.74 Å². The summed E-state index contributed by atoms with van der Waals surface area (Å²) in [7, 11) is -3.62. The highest BCUT2D eigenvalue weighted by molar-refractivity contribution is 7.89. The molecule has 21 heavy (non-hydrogen) atoms. The van der Waals surface area contributed by atoms with Gasteiger partial charge in [0.15, 0.2) is 5.03 Å². The second-order valence-corrected chi connectivity index (χ2v) is 7.66. The van der Waals surface area contributed by atoms with Crippen LogP contribution in [0.25, 0.3) is 0 Å². The first-order valence-electron chi connectivity index (χ1n) is 7.20. The molecule has 0 aliphatic carbocycles. The van der Waals surface area contributed by atoms with E-state index in [-0.39, 0.29) is 11.1 Å². The summed E-state index contributed by atoms with van der Waals surface area (Å²) in [4.78, 5) is 0. The second-order valence-electron chi connectivity index (χ2n) is 6.04. The van der Waals surface area contributed by atoms with Crippen LogP contribution in [0.15, 0.2) is 11.2 Å². The van der Waals surface area contributed by atoms with E-state index in [1.165, 1.54) is 0 Å². The van der Waals surface area contributed by atoms with Crippen LogP contribution >= 0.6 is 0 Å². The number of aromatic nitrogens is 2. The first-order chi connectivity index (χ1) is 9.82. The van der Waals surface area contributed by atoms with Crippen LogP contribution in [0.5, 0.6) is 0 Å². The quantitative estimate of drug-likeness (QED) is 0.720. The van der Waals surface area contributed by atoms with Crippen LogP contribution in [0, 0.1) is 0 Å². The molecule has 8 heteroatoms. The normalized spacial score (nSPS) is 19.0. The molecule has 1 aromatic heterocycles. The highest BCUT2D eigenvalue weighted by atomic mass is 32.2. The molecule has 0 unspecified atom stereocenters. The van der Waals surface area contributed by atoms with Crippen LogP contribution in [0.2, 0.25) is 0 Å². The van der Waals surface area contributed by atoms with Crippen molar-refractivity contribution in [3.05, 3.63) is 11.8 Å². The van der Waals surface area contributed by atoms with Gasteiger partial charge in [-0.25, -0.2) is 13.1 Å². The molecule has 0 spiro atoms. The zero-order valence-electron chi connectivity index (χ0n) is 12.8. The zero-order valence-corrected chi connectivity index (χ0v) is 13.6. The summed E-state index contributed by atoms with van der Waals surface area (Å²) in [6, 6.07) is 0.274. The number of sulfonamides is 1. The van der Waals surface area contributed by atoms with Gasteiger partial charge in [0, 0.05) is 36.9 Å². The molecule has 2 rings (SSSR count). The van der Waals surface area contributed by atoms with Gasteiger partial charge in [0.2, 0.25) is 0 Å². The predicted octanol–water partition coefficient (Wildman–Crippen LogP) is 0.755. The van der Waals surface area contributed by atoms with Crippen LogP contribution in [-0.2, 0) is 21.3 Å². The molecule has 0 aromatic carbocycles. The Labute approximate surface area is 125 Å². The molecule has 1 saturated heterocycles. The van der Waals surface area contributed by atoms with Crippen LogP contribution in [0.1, 0.15) is 39.2 Å². The Hall–Kier alpha value is -0.960.